The van der Waals surface area contributed by atoms with Crippen molar-refractivity contribution in [1.82, 2.24) is 0 Å². The molecule has 3 aromatic carbocycles. The Morgan fingerprint density at radius 3 is 2.21 bits per heavy atom. The van der Waals surface area contributed by atoms with Gasteiger partial charge in [-0.2, -0.15) is 0 Å². The largest absolute Gasteiger partial charge is 0.220 e. The molecule has 3 aliphatic carbocycles. The molecule has 1 heterocycles. The van der Waals surface area contributed by atoms with Crippen LogP contribution >= 0.6 is 0 Å². The molecule has 3 aliphatic rings. The van der Waals surface area contributed by atoms with E-state index in [1.807, 2.05) is 0 Å². The van der Waals surface area contributed by atoms with Gasteiger partial charge in [0, 0.05) is 11.6 Å². The normalized spacial score (nSPS) is 21.8. The average Bonchev–Trinajstić information content (AvgIpc) is 2.85. The lowest BCUT2D eigenvalue weighted by Gasteiger charge is -2.42. The summed E-state index contributed by atoms with van der Waals surface area (Å²) in [7, 11) is 2.18. The van der Waals surface area contributed by atoms with E-state index in [2.05, 4.69) is 99.2 Å². The van der Waals surface area contributed by atoms with Crippen LogP contribution < -0.4 is 4.57 Å². The lowest BCUT2D eigenvalue weighted by atomic mass is 9.63. The predicted octanol–water partition coefficient (Wildman–Crippen LogP) is 8.22. The molecule has 0 saturated heterocycles. The standard InChI is InChI=1S/C33H36N/c1-21-6-5-7-22(2)32(21)28-13-14-29(23(3)18-28)33-30-15-12-26(20-27(30)16-17-34(33)4)31-19-24-8-10-25(31)11-9-24/h5-7,12-18,20,24-25,31H,8-11,19H2,1-4H3/q+1. The Morgan fingerprint density at radius 2 is 1.53 bits per heavy atom. The van der Waals surface area contributed by atoms with Gasteiger partial charge >= 0.3 is 0 Å². The molecule has 1 aromatic heterocycles. The highest BCUT2D eigenvalue weighted by atomic mass is 14.9. The number of fused-ring (bicyclic) bond motifs is 4. The summed E-state index contributed by atoms with van der Waals surface area (Å²) in [5, 5.41) is 2.74. The van der Waals surface area contributed by atoms with Gasteiger partial charge in [-0.15, -0.1) is 0 Å². The fourth-order valence-electron chi connectivity index (χ4n) is 7.10. The van der Waals surface area contributed by atoms with Crippen LogP contribution in [-0.4, -0.2) is 0 Å². The molecule has 0 spiro atoms. The zero-order valence-corrected chi connectivity index (χ0v) is 21.1. The van der Waals surface area contributed by atoms with E-state index in [9.17, 15) is 0 Å². The Kier molecular flexibility index (Phi) is 5.32. The Balaban J connectivity index is 1.43. The quantitative estimate of drug-likeness (QED) is 0.279. The average molecular weight is 447 g/mol. The fourth-order valence-corrected chi connectivity index (χ4v) is 7.10. The van der Waals surface area contributed by atoms with Crippen molar-refractivity contribution >= 4 is 10.8 Å². The van der Waals surface area contributed by atoms with Crippen LogP contribution in [0, 0.1) is 32.6 Å². The first-order valence-corrected chi connectivity index (χ1v) is 13.1. The first kappa shape index (κ1) is 21.6. The molecule has 2 bridgehead atoms. The maximum atomic E-state index is 2.50. The number of hydrogen-bond acceptors (Lipinski definition) is 0. The van der Waals surface area contributed by atoms with Crippen molar-refractivity contribution in [3.05, 3.63) is 89.1 Å². The number of benzene rings is 3. The monoisotopic (exact) mass is 446 g/mol. The van der Waals surface area contributed by atoms with Gasteiger partial charge in [0.15, 0.2) is 6.20 Å². The summed E-state index contributed by atoms with van der Waals surface area (Å²) in [6, 6.07) is 23.3. The van der Waals surface area contributed by atoms with Gasteiger partial charge in [0.2, 0.25) is 5.69 Å². The Hall–Kier alpha value is -2.93. The number of aryl methyl sites for hydroxylation is 4. The molecule has 1 heteroatoms. The number of nitrogens with zero attached hydrogens (tertiary/aromatic N) is 1. The number of rotatable bonds is 3. The van der Waals surface area contributed by atoms with E-state index >= 15 is 0 Å². The summed E-state index contributed by atoms with van der Waals surface area (Å²) in [4.78, 5) is 0. The van der Waals surface area contributed by atoms with E-state index in [0.29, 0.717) is 0 Å². The molecule has 3 fully saturated rings. The van der Waals surface area contributed by atoms with Gasteiger partial charge in [-0.25, -0.2) is 4.57 Å². The molecule has 0 radical (unpaired) electrons. The van der Waals surface area contributed by atoms with Crippen LogP contribution in [0.4, 0.5) is 0 Å². The van der Waals surface area contributed by atoms with Crippen molar-refractivity contribution in [1.29, 1.82) is 0 Å². The predicted molar refractivity (Wildman–Crippen MR) is 143 cm³/mol. The molecule has 0 N–H and O–H groups in total. The van der Waals surface area contributed by atoms with Gasteiger partial charge in [-0.05, 0) is 109 Å². The highest BCUT2D eigenvalue weighted by Gasteiger charge is 2.36. The first-order chi connectivity index (χ1) is 16.5. The number of hydrogen-bond donors (Lipinski definition) is 0. The molecule has 3 saturated carbocycles. The van der Waals surface area contributed by atoms with Gasteiger partial charge in [-0.3, -0.25) is 0 Å². The lowest BCUT2D eigenvalue weighted by molar-refractivity contribution is -0.659. The van der Waals surface area contributed by atoms with Crippen molar-refractivity contribution in [2.24, 2.45) is 18.9 Å². The van der Waals surface area contributed by atoms with Crippen molar-refractivity contribution < 1.29 is 4.57 Å². The van der Waals surface area contributed by atoms with E-state index in [0.717, 1.165) is 17.8 Å². The Morgan fingerprint density at radius 1 is 0.765 bits per heavy atom. The van der Waals surface area contributed by atoms with Crippen LogP contribution in [0.2, 0.25) is 0 Å². The van der Waals surface area contributed by atoms with E-state index < -0.39 is 0 Å². The smallest absolute Gasteiger partial charge is 0.200 e. The third-order valence-electron chi connectivity index (χ3n) is 8.89. The topological polar surface area (TPSA) is 3.88 Å². The van der Waals surface area contributed by atoms with Gasteiger partial charge in [0.05, 0.1) is 5.39 Å². The van der Waals surface area contributed by atoms with Crippen molar-refractivity contribution in [3.8, 4) is 22.4 Å². The van der Waals surface area contributed by atoms with Crippen LogP contribution in [-0.2, 0) is 7.05 Å². The lowest BCUT2D eigenvalue weighted by Crippen LogP contribution is -2.31. The van der Waals surface area contributed by atoms with Crippen molar-refractivity contribution in [3.63, 3.8) is 0 Å². The summed E-state index contributed by atoms with van der Waals surface area (Å²) >= 11 is 0. The van der Waals surface area contributed by atoms with Crippen LogP contribution in [0.3, 0.4) is 0 Å². The molecule has 1 nitrogen and oxygen atoms in total. The minimum Gasteiger partial charge on any atom is -0.200 e. The van der Waals surface area contributed by atoms with Crippen LogP contribution in [0.5, 0.6) is 0 Å². The molecule has 0 aliphatic heterocycles. The minimum absolute atomic E-state index is 0.771. The van der Waals surface area contributed by atoms with E-state index in [1.54, 1.807) is 5.56 Å². The summed E-state index contributed by atoms with van der Waals surface area (Å²) in [6.07, 6.45) is 9.45. The highest BCUT2D eigenvalue weighted by molar-refractivity contribution is 5.94. The maximum absolute atomic E-state index is 2.50. The zero-order chi connectivity index (χ0) is 23.4. The Bertz CT molecular complexity index is 1370. The number of aromatic nitrogens is 1. The molecular weight excluding hydrogens is 410 g/mol. The second-order valence-corrected chi connectivity index (χ2v) is 11.0. The van der Waals surface area contributed by atoms with Crippen LogP contribution in [0.25, 0.3) is 33.2 Å². The van der Waals surface area contributed by atoms with Crippen LogP contribution in [0.1, 0.15) is 60.3 Å². The van der Waals surface area contributed by atoms with E-state index in [4.69, 9.17) is 0 Å². The molecule has 172 valence electrons. The SMILES string of the molecule is Cc1cc(-c2c(C)cccc2C)ccc1-c1c2ccc(C3CC4CCC3CC4)cc2cc[n+]1C. The molecule has 1 atom stereocenters. The number of pyridine rings is 1. The summed E-state index contributed by atoms with van der Waals surface area (Å²) in [5.74, 6) is 2.64. The third kappa shape index (κ3) is 3.57. The molecular formula is C33H36N+. The maximum Gasteiger partial charge on any atom is 0.220 e. The van der Waals surface area contributed by atoms with E-state index in [1.165, 1.54) is 82.0 Å². The van der Waals surface area contributed by atoms with Crippen LogP contribution in [0.15, 0.2) is 66.9 Å². The molecule has 34 heavy (non-hydrogen) atoms. The highest BCUT2D eigenvalue weighted by Crippen LogP contribution is 2.50. The summed E-state index contributed by atoms with van der Waals surface area (Å²) in [5.41, 5.74) is 10.9. The second-order valence-electron chi connectivity index (χ2n) is 11.0. The third-order valence-corrected chi connectivity index (χ3v) is 8.89. The molecule has 0 amide bonds. The fraction of sp³-hybridized carbons (Fsp3) is 0.364. The van der Waals surface area contributed by atoms with Gasteiger partial charge in [0.25, 0.3) is 0 Å². The first-order valence-electron chi connectivity index (χ1n) is 13.1. The van der Waals surface area contributed by atoms with Crippen molar-refractivity contribution in [2.45, 2.75) is 58.8 Å². The molecule has 7 rings (SSSR count). The van der Waals surface area contributed by atoms with Crippen molar-refractivity contribution in [2.75, 3.05) is 0 Å². The summed E-state index contributed by atoms with van der Waals surface area (Å²) in [6.45, 7) is 6.69. The molecule has 4 aromatic rings. The van der Waals surface area contributed by atoms with Gasteiger partial charge < -0.3 is 0 Å². The Labute approximate surface area is 204 Å². The van der Waals surface area contributed by atoms with E-state index in [-0.39, 0.29) is 0 Å². The zero-order valence-electron chi connectivity index (χ0n) is 21.1. The molecule has 1 unspecified atom stereocenters. The van der Waals surface area contributed by atoms with Gasteiger partial charge in [0.1, 0.15) is 7.05 Å². The summed E-state index contributed by atoms with van der Waals surface area (Å²) < 4.78 is 2.30. The minimum atomic E-state index is 0.771. The van der Waals surface area contributed by atoms with Gasteiger partial charge in [-0.1, -0.05) is 55.3 Å². The second kappa shape index (κ2) is 8.38.